The lowest BCUT2D eigenvalue weighted by Crippen LogP contribution is -2.01. The van der Waals surface area contributed by atoms with Gasteiger partial charge in [-0.25, -0.2) is 4.68 Å². The van der Waals surface area contributed by atoms with Crippen LogP contribution in [0.2, 0.25) is 0 Å². The standard InChI is InChI=1S/C19H21N3O2/c1-14(9-16-7-8-19(24)17(10-16)13-23)18-12-22(21-20-18)11-15-5-3-2-4-6-15/h2-8,10,12,14,23-24H,9,11,13H2,1H3. The number of nitrogens with zero attached hydrogens (tertiary/aromatic N) is 3. The molecule has 0 saturated carbocycles. The van der Waals surface area contributed by atoms with E-state index in [1.165, 1.54) is 5.56 Å². The molecule has 124 valence electrons. The van der Waals surface area contributed by atoms with Crippen LogP contribution in [0.1, 0.15) is 35.2 Å². The summed E-state index contributed by atoms with van der Waals surface area (Å²) in [6.45, 7) is 2.64. The van der Waals surface area contributed by atoms with Crippen molar-refractivity contribution in [3.05, 3.63) is 77.1 Å². The highest BCUT2D eigenvalue weighted by atomic mass is 16.3. The quantitative estimate of drug-likeness (QED) is 0.732. The molecule has 0 bridgehead atoms. The first-order chi connectivity index (χ1) is 11.7. The zero-order chi connectivity index (χ0) is 16.9. The van der Waals surface area contributed by atoms with Crippen LogP contribution in [-0.2, 0) is 19.6 Å². The number of aromatic hydroxyl groups is 1. The van der Waals surface area contributed by atoms with Crippen molar-refractivity contribution >= 4 is 0 Å². The maximum atomic E-state index is 9.64. The predicted octanol–water partition coefficient (Wildman–Crippen LogP) is 2.87. The number of aromatic nitrogens is 3. The minimum absolute atomic E-state index is 0.128. The van der Waals surface area contributed by atoms with Gasteiger partial charge >= 0.3 is 0 Å². The average Bonchev–Trinajstić information content (AvgIpc) is 3.06. The summed E-state index contributed by atoms with van der Waals surface area (Å²) in [5.74, 6) is 0.327. The van der Waals surface area contributed by atoms with E-state index in [1.54, 1.807) is 6.07 Å². The summed E-state index contributed by atoms with van der Waals surface area (Å²) in [5, 5.41) is 27.4. The molecular formula is C19H21N3O2. The van der Waals surface area contributed by atoms with Crippen LogP contribution < -0.4 is 0 Å². The maximum Gasteiger partial charge on any atom is 0.121 e. The molecule has 0 saturated heterocycles. The number of phenols is 1. The van der Waals surface area contributed by atoms with E-state index in [-0.39, 0.29) is 18.3 Å². The van der Waals surface area contributed by atoms with Crippen LogP contribution in [0.5, 0.6) is 5.75 Å². The van der Waals surface area contributed by atoms with Crippen molar-refractivity contribution in [1.29, 1.82) is 0 Å². The molecule has 2 N–H and O–H groups in total. The molecule has 0 aliphatic rings. The van der Waals surface area contributed by atoms with Gasteiger partial charge in [-0.05, 0) is 29.7 Å². The summed E-state index contributed by atoms with van der Waals surface area (Å²) in [7, 11) is 0. The fourth-order valence-corrected chi connectivity index (χ4v) is 2.74. The van der Waals surface area contributed by atoms with Crippen molar-refractivity contribution < 1.29 is 10.2 Å². The summed E-state index contributed by atoms with van der Waals surface area (Å²) in [6, 6.07) is 15.5. The number of aliphatic hydroxyl groups is 1. The molecule has 3 rings (SSSR count). The molecule has 2 aromatic carbocycles. The molecule has 3 aromatic rings. The minimum atomic E-state index is -0.165. The second-order valence-corrected chi connectivity index (χ2v) is 6.05. The predicted molar refractivity (Wildman–Crippen MR) is 91.7 cm³/mol. The van der Waals surface area contributed by atoms with Gasteiger partial charge in [-0.1, -0.05) is 48.5 Å². The Hall–Kier alpha value is -2.66. The SMILES string of the molecule is CC(Cc1ccc(O)c(CO)c1)c1cn(Cc2ccccc2)nn1. The fourth-order valence-electron chi connectivity index (χ4n) is 2.74. The minimum Gasteiger partial charge on any atom is -0.508 e. The van der Waals surface area contributed by atoms with Crippen molar-refractivity contribution in [3.63, 3.8) is 0 Å². The van der Waals surface area contributed by atoms with Crippen LogP contribution in [0.4, 0.5) is 0 Å². The number of rotatable bonds is 6. The molecule has 0 spiro atoms. The van der Waals surface area contributed by atoms with Gasteiger partial charge in [0.15, 0.2) is 0 Å². The molecule has 5 nitrogen and oxygen atoms in total. The molecule has 0 amide bonds. The Morgan fingerprint density at radius 3 is 2.62 bits per heavy atom. The molecule has 1 atom stereocenters. The van der Waals surface area contributed by atoms with Crippen molar-refractivity contribution in [2.75, 3.05) is 0 Å². The summed E-state index contributed by atoms with van der Waals surface area (Å²) >= 11 is 0. The topological polar surface area (TPSA) is 71.2 Å². The molecule has 0 radical (unpaired) electrons. The van der Waals surface area contributed by atoms with Crippen molar-refractivity contribution in [2.24, 2.45) is 0 Å². The molecule has 1 aromatic heterocycles. The Morgan fingerprint density at radius 1 is 1.08 bits per heavy atom. The van der Waals surface area contributed by atoms with Gasteiger partial charge < -0.3 is 10.2 Å². The summed E-state index contributed by atoms with van der Waals surface area (Å²) in [5.41, 5.74) is 3.73. The molecule has 1 unspecified atom stereocenters. The molecule has 24 heavy (non-hydrogen) atoms. The average molecular weight is 323 g/mol. The molecule has 0 fully saturated rings. The third-order valence-corrected chi connectivity index (χ3v) is 4.10. The van der Waals surface area contributed by atoms with Gasteiger partial charge in [0.1, 0.15) is 5.75 Å². The number of hydrogen-bond donors (Lipinski definition) is 2. The second kappa shape index (κ2) is 7.27. The van der Waals surface area contributed by atoms with E-state index in [0.29, 0.717) is 12.1 Å². The Morgan fingerprint density at radius 2 is 1.88 bits per heavy atom. The number of benzene rings is 2. The van der Waals surface area contributed by atoms with E-state index in [4.69, 9.17) is 0 Å². The number of aliphatic hydroxyl groups excluding tert-OH is 1. The number of hydrogen-bond acceptors (Lipinski definition) is 4. The van der Waals surface area contributed by atoms with E-state index in [9.17, 15) is 10.2 Å². The zero-order valence-corrected chi connectivity index (χ0v) is 13.6. The van der Waals surface area contributed by atoms with Crippen molar-refractivity contribution in [3.8, 4) is 5.75 Å². The normalized spacial score (nSPS) is 12.2. The molecule has 0 aliphatic heterocycles. The van der Waals surface area contributed by atoms with E-state index >= 15 is 0 Å². The Balaban J connectivity index is 1.68. The first-order valence-corrected chi connectivity index (χ1v) is 8.01. The molecule has 0 aliphatic carbocycles. The van der Waals surface area contributed by atoms with Crippen molar-refractivity contribution in [1.82, 2.24) is 15.0 Å². The second-order valence-electron chi connectivity index (χ2n) is 6.05. The van der Waals surface area contributed by atoms with Gasteiger partial charge in [0.05, 0.1) is 18.8 Å². The highest BCUT2D eigenvalue weighted by Crippen LogP contribution is 2.23. The lowest BCUT2D eigenvalue weighted by Gasteiger charge is -2.10. The van der Waals surface area contributed by atoms with Crippen LogP contribution in [0.25, 0.3) is 0 Å². The highest BCUT2D eigenvalue weighted by Gasteiger charge is 2.12. The molecule has 5 heteroatoms. The Bertz CT molecular complexity index is 799. The highest BCUT2D eigenvalue weighted by molar-refractivity contribution is 5.36. The summed E-state index contributed by atoms with van der Waals surface area (Å²) in [4.78, 5) is 0. The van der Waals surface area contributed by atoms with Crippen molar-refractivity contribution in [2.45, 2.75) is 32.4 Å². The lowest BCUT2D eigenvalue weighted by atomic mass is 9.97. The van der Waals surface area contributed by atoms with Crippen LogP contribution in [0.3, 0.4) is 0 Å². The fraction of sp³-hybridized carbons (Fsp3) is 0.263. The van der Waals surface area contributed by atoms with Crippen LogP contribution in [0, 0.1) is 0 Å². The van der Waals surface area contributed by atoms with Gasteiger partial charge in [-0.2, -0.15) is 0 Å². The largest absolute Gasteiger partial charge is 0.508 e. The maximum absolute atomic E-state index is 9.64. The molecular weight excluding hydrogens is 302 g/mol. The van der Waals surface area contributed by atoms with E-state index < -0.39 is 0 Å². The van der Waals surface area contributed by atoms with Gasteiger partial charge in [-0.15, -0.1) is 5.10 Å². The Labute approximate surface area is 141 Å². The van der Waals surface area contributed by atoms with Gasteiger partial charge in [0.2, 0.25) is 0 Å². The van der Waals surface area contributed by atoms with E-state index in [0.717, 1.165) is 17.7 Å². The Kier molecular flexibility index (Phi) is 4.91. The van der Waals surface area contributed by atoms with Crippen LogP contribution >= 0.6 is 0 Å². The van der Waals surface area contributed by atoms with E-state index in [1.807, 2.05) is 41.2 Å². The lowest BCUT2D eigenvalue weighted by molar-refractivity contribution is 0.275. The summed E-state index contributed by atoms with van der Waals surface area (Å²) in [6.07, 6.45) is 2.75. The molecule has 1 heterocycles. The third-order valence-electron chi connectivity index (χ3n) is 4.10. The monoisotopic (exact) mass is 323 g/mol. The smallest absolute Gasteiger partial charge is 0.121 e. The third kappa shape index (κ3) is 3.81. The van der Waals surface area contributed by atoms with Gasteiger partial charge in [-0.3, -0.25) is 0 Å². The van der Waals surface area contributed by atoms with Gasteiger partial charge in [0, 0.05) is 17.7 Å². The van der Waals surface area contributed by atoms with Crippen LogP contribution in [0.15, 0.2) is 54.7 Å². The first kappa shape index (κ1) is 16.2. The van der Waals surface area contributed by atoms with Crippen LogP contribution in [-0.4, -0.2) is 25.2 Å². The summed E-state index contributed by atoms with van der Waals surface area (Å²) < 4.78 is 1.84. The van der Waals surface area contributed by atoms with Gasteiger partial charge in [0.25, 0.3) is 0 Å². The first-order valence-electron chi connectivity index (χ1n) is 8.01. The zero-order valence-electron chi connectivity index (χ0n) is 13.6. The van der Waals surface area contributed by atoms with E-state index in [2.05, 4.69) is 29.4 Å².